The first kappa shape index (κ1) is 29.7. The molecule has 0 spiro atoms. The highest BCUT2D eigenvalue weighted by molar-refractivity contribution is 6.88. The van der Waals surface area contributed by atoms with Crippen LogP contribution in [-0.2, 0) is 4.74 Å². The number of carbonyl (C=O) groups is 1. The number of halogens is 1. The number of furan rings is 1. The number of carbonyl (C=O) groups excluding carboxylic acids is 1. The lowest BCUT2D eigenvalue weighted by atomic mass is 10.3. The number of hydrogen-bond donors (Lipinski definition) is 2. The molecule has 0 unspecified atom stereocenters. The van der Waals surface area contributed by atoms with Gasteiger partial charge in [0.2, 0.25) is 17.7 Å². The summed E-state index contributed by atoms with van der Waals surface area (Å²) in [7, 11) is 1.33. The van der Waals surface area contributed by atoms with Gasteiger partial charge >= 0.3 is 0 Å². The second-order valence-corrected chi connectivity index (χ2v) is 15.7. The molecule has 0 bridgehead atoms. The molecule has 2 N–H and O–H groups in total. The Bertz CT molecular complexity index is 1280. The van der Waals surface area contributed by atoms with Crippen LogP contribution < -0.4 is 30.0 Å². The van der Waals surface area contributed by atoms with Crippen molar-refractivity contribution in [3.05, 3.63) is 41.1 Å². The predicted molar refractivity (Wildman–Crippen MR) is 157 cm³/mol. The number of amides is 1. The first-order chi connectivity index (χ1) is 19.2. The van der Waals surface area contributed by atoms with Crippen molar-refractivity contribution in [3.63, 3.8) is 0 Å². The number of nitrogens with one attached hydrogen (secondary N) is 2. The summed E-state index contributed by atoms with van der Waals surface area (Å²) in [6.45, 7) is 11.7. The van der Waals surface area contributed by atoms with E-state index in [1.165, 1.54) is 25.5 Å². The molecule has 3 aromatic rings. The first-order valence-corrected chi connectivity index (χ1v) is 17.0. The fraction of sp³-hybridized carbons (Fsp3) is 0.444. The standard InChI is InChI=1S/C27H36ClN5O6Si/c1-35-25-23(26(36-2)32-27(31-25)29-11-6-12-33-13-15-37-16-14-33)30-24(34)20-9-10-22(38-20)39-21-17-18(40(3,4)5)7-8-19(21)28/h7-10,17H,6,11-16H2,1-5H3,(H,30,34)(H,29,31,32). The number of nitrogens with zero attached hydrogens (tertiary/aromatic N) is 3. The van der Waals surface area contributed by atoms with Crippen molar-refractivity contribution in [1.29, 1.82) is 0 Å². The summed E-state index contributed by atoms with van der Waals surface area (Å²) in [6.07, 6.45) is 0.906. The number of ether oxygens (including phenoxy) is 4. The zero-order valence-electron chi connectivity index (χ0n) is 23.5. The van der Waals surface area contributed by atoms with E-state index in [2.05, 4.69) is 45.1 Å². The third-order valence-corrected chi connectivity index (χ3v) is 8.67. The SMILES string of the molecule is COc1nc(NCCCN2CCOCC2)nc(OC)c1NC(=O)c1ccc(Oc2cc([Si](C)(C)C)ccc2Cl)o1. The van der Waals surface area contributed by atoms with E-state index in [0.717, 1.165) is 39.3 Å². The Hall–Kier alpha value is -3.32. The molecule has 2 aromatic heterocycles. The molecule has 3 heterocycles. The number of morpholine rings is 1. The number of anilines is 2. The first-order valence-electron chi connectivity index (χ1n) is 13.1. The van der Waals surface area contributed by atoms with E-state index in [4.69, 9.17) is 35.0 Å². The lowest BCUT2D eigenvalue weighted by Gasteiger charge is -2.26. The summed E-state index contributed by atoms with van der Waals surface area (Å²) in [5, 5.41) is 7.55. The van der Waals surface area contributed by atoms with Crippen molar-refractivity contribution < 1.29 is 28.2 Å². The average molecular weight is 590 g/mol. The quantitative estimate of drug-likeness (QED) is 0.231. The number of methoxy groups -OCH3 is 2. The molecular weight excluding hydrogens is 554 g/mol. The molecule has 0 radical (unpaired) electrons. The van der Waals surface area contributed by atoms with Crippen LogP contribution in [0.4, 0.5) is 11.6 Å². The van der Waals surface area contributed by atoms with Gasteiger partial charge in [0.05, 0.1) is 40.5 Å². The zero-order valence-corrected chi connectivity index (χ0v) is 25.3. The third kappa shape index (κ3) is 7.66. The molecule has 1 saturated heterocycles. The van der Waals surface area contributed by atoms with Crippen LogP contribution in [0.3, 0.4) is 0 Å². The van der Waals surface area contributed by atoms with Gasteiger partial charge in [0, 0.05) is 25.7 Å². The third-order valence-electron chi connectivity index (χ3n) is 6.32. The van der Waals surface area contributed by atoms with Gasteiger partial charge in [-0.05, 0) is 31.2 Å². The van der Waals surface area contributed by atoms with E-state index >= 15 is 0 Å². The van der Waals surface area contributed by atoms with Crippen LogP contribution in [0.15, 0.2) is 34.7 Å². The minimum Gasteiger partial charge on any atom is -0.479 e. The van der Waals surface area contributed by atoms with Crippen LogP contribution in [0.5, 0.6) is 23.5 Å². The maximum absolute atomic E-state index is 13.0. The Morgan fingerprint density at radius 1 is 1.07 bits per heavy atom. The van der Waals surface area contributed by atoms with Crippen molar-refractivity contribution >= 4 is 42.4 Å². The van der Waals surface area contributed by atoms with Gasteiger partial charge in [-0.2, -0.15) is 9.97 Å². The lowest BCUT2D eigenvalue weighted by molar-refractivity contribution is 0.0378. The number of benzene rings is 1. The second-order valence-electron chi connectivity index (χ2n) is 10.2. The Balaban J connectivity index is 1.41. The highest BCUT2D eigenvalue weighted by Crippen LogP contribution is 2.34. The number of hydrogen-bond acceptors (Lipinski definition) is 10. The summed E-state index contributed by atoms with van der Waals surface area (Å²) in [5.41, 5.74) is 0.179. The monoisotopic (exact) mass is 589 g/mol. The molecule has 11 nitrogen and oxygen atoms in total. The molecule has 1 aromatic carbocycles. The van der Waals surface area contributed by atoms with E-state index < -0.39 is 14.0 Å². The van der Waals surface area contributed by atoms with Crippen molar-refractivity contribution in [2.45, 2.75) is 26.1 Å². The molecule has 40 heavy (non-hydrogen) atoms. The Morgan fingerprint density at radius 3 is 2.42 bits per heavy atom. The fourth-order valence-electron chi connectivity index (χ4n) is 4.06. The van der Waals surface area contributed by atoms with Gasteiger partial charge < -0.3 is 34.0 Å². The highest BCUT2D eigenvalue weighted by Gasteiger charge is 2.23. The van der Waals surface area contributed by atoms with Gasteiger partial charge in [0.1, 0.15) is 5.75 Å². The molecule has 1 fully saturated rings. The largest absolute Gasteiger partial charge is 0.479 e. The van der Waals surface area contributed by atoms with Crippen molar-refractivity contribution in [1.82, 2.24) is 14.9 Å². The van der Waals surface area contributed by atoms with Crippen LogP contribution in [0.1, 0.15) is 17.0 Å². The summed E-state index contributed by atoms with van der Waals surface area (Å²) in [4.78, 5) is 24.2. The van der Waals surface area contributed by atoms with Crippen LogP contribution in [0, 0.1) is 0 Å². The minimum atomic E-state index is -1.58. The van der Waals surface area contributed by atoms with Crippen molar-refractivity contribution in [2.24, 2.45) is 0 Å². The normalized spacial score (nSPS) is 14.1. The van der Waals surface area contributed by atoms with E-state index in [1.807, 2.05) is 18.2 Å². The average Bonchev–Trinajstić information content (AvgIpc) is 3.41. The van der Waals surface area contributed by atoms with E-state index in [1.54, 1.807) is 6.07 Å². The maximum Gasteiger partial charge on any atom is 0.291 e. The van der Waals surface area contributed by atoms with Crippen LogP contribution in [-0.4, -0.2) is 82.5 Å². The fourth-order valence-corrected chi connectivity index (χ4v) is 5.36. The molecule has 0 atom stereocenters. The number of aromatic nitrogens is 2. The molecule has 1 aliphatic heterocycles. The van der Waals surface area contributed by atoms with E-state index in [0.29, 0.717) is 23.3 Å². The highest BCUT2D eigenvalue weighted by atomic mass is 35.5. The molecule has 13 heteroatoms. The van der Waals surface area contributed by atoms with Crippen LogP contribution >= 0.6 is 11.6 Å². The Morgan fingerprint density at radius 2 is 1.77 bits per heavy atom. The molecule has 1 amide bonds. The van der Waals surface area contributed by atoms with Gasteiger partial charge in [-0.25, -0.2) is 0 Å². The summed E-state index contributed by atoms with van der Waals surface area (Å²) in [6, 6.07) is 8.80. The number of rotatable bonds is 12. The Kier molecular flexibility index (Phi) is 9.90. The molecular formula is C27H36ClN5O6Si. The van der Waals surface area contributed by atoms with Gasteiger partial charge in [-0.3, -0.25) is 9.69 Å². The van der Waals surface area contributed by atoms with Crippen LogP contribution in [0.2, 0.25) is 24.7 Å². The minimum absolute atomic E-state index is 0.0156. The Labute approximate surface area is 240 Å². The molecule has 0 aliphatic carbocycles. The van der Waals surface area contributed by atoms with E-state index in [9.17, 15) is 4.79 Å². The van der Waals surface area contributed by atoms with Gasteiger partial charge in [0.25, 0.3) is 11.9 Å². The topological polar surface area (TPSA) is 120 Å². The smallest absolute Gasteiger partial charge is 0.291 e. The van der Waals surface area contributed by atoms with Crippen molar-refractivity contribution in [2.75, 3.05) is 64.2 Å². The summed E-state index contributed by atoms with van der Waals surface area (Å²) in [5.74, 6) is 0.687. The maximum atomic E-state index is 13.0. The lowest BCUT2D eigenvalue weighted by Crippen LogP contribution is -2.37. The molecule has 0 saturated carbocycles. The van der Waals surface area contributed by atoms with Gasteiger partial charge in [0.15, 0.2) is 11.4 Å². The van der Waals surface area contributed by atoms with Crippen molar-refractivity contribution in [3.8, 4) is 23.5 Å². The molecule has 1 aliphatic rings. The van der Waals surface area contributed by atoms with Gasteiger partial charge in [-0.1, -0.05) is 42.5 Å². The second kappa shape index (κ2) is 13.4. The van der Waals surface area contributed by atoms with E-state index in [-0.39, 0.29) is 29.2 Å². The zero-order chi connectivity index (χ0) is 28.7. The summed E-state index contributed by atoms with van der Waals surface area (Å²) >= 11 is 6.34. The molecule has 216 valence electrons. The summed E-state index contributed by atoms with van der Waals surface area (Å²) < 4.78 is 27.8. The predicted octanol–water partition coefficient (Wildman–Crippen LogP) is 4.46. The van der Waals surface area contributed by atoms with Gasteiger partial charge in [-0.15, -0.1) is 0 Å². The van der Waals surface area contributed by atoms with Crippen LogP contribution in [0.25, 0.3) is 0 Å². The molecule has 4 rings (SSSR count).